The van der Waals surface area contributed by atoms with Crippen molar-refractivity contribution in [1.29, 1.82) is 5.26 Å². The van der Waals surface area contributed by atoms with Crippen LogP contribution in [0, 0.1) is 11.3 Å². The number of pyridine rings is 1. The molecule has 126 valence electrons. The number of hydrogen-bond acceptors (Lipinski definition) is 3. The number of aromatic nitrogens is 1. The van der Waals surface area contributed by atoms with Crippen LogP contribution in [0.5, 0.6) is 0 Å². The molecule has 1 aromatic heterocycles. The number of nitriles is 1. The zero-order chi connectivity index (χ0) is 17.9. The van der Waals surface area contributed by atoms with E-state index < -0.39 is 0 Å². The van der Waals surface area contributed by atoms with Crippen molar-refractivity contribution < 1.29 is 4.79 Å². The maximum Gasteiger partial charge on any atom is 0.254 e. The van der Waals surface area contributed by atoms with Crippen LogP contribution in [0.25, 0.3) is 0 Å². The minimum Gasteiger partial charge on any atom is -0.327 e. The van der Waals surface area contributed by atoms with Crippen LogP contribution in [0.2, 0.25) is 0 Å². The van der Waals surface area contributed by atoms with Crippen molar-refractivity contribution in [2.45, 2.75) is 12.5 Å². The smallest absolute Gasteiger partial charge is 0.254 e. The molecular formula is C22H17N3O. The first-order valence-electron chi connectivity index (χ1n) is 8.57. The Balaban J connectivity index is 1.79. The molecule has 2 heterocycles. The van der Waals surface area contributed by atoms with E-state index in [0.717, 1.165) is 17.5 Å². The molecule has 1 amide bonds. The van der Waals surface area contributed by atoms with Crippen LogP contribution in [-0.4, -0.2) is 22.3 Å². The second kappa shape index (κ2) is 6.81. The molecule has 1 aliphatic rings. The van der Waals surface area contributed by atoms with Gasteiger partial charge in [0.2, 0.25) is 0 Å². The fourth-order valence-corrected chi connectivity index (χ4v) is 3.58. The Morgan fingerprint density at radius 3 is 2.69 bits per heavy atom. The van der Waals surface area contributed by atoms with Crippen molar-refractivity contribution in [2.75, 3.05) is 6.54 Å². The number of hydrogen-bond donors (Lipinski definition) is 0. The molecule has 3 aromatic rings. The van der Waals surface area contributed by atoms with Gasteiger partial charge >= 0.3 is 0 Å². The van der Waals surface area contributed by atoms with Crippen LogP contribution >= 0.6 is 0 Å². The van der Waals surface area contributed by atoms with Gasteiger partial charge in [-0.05, 0) is 53.4 Å². The van der Waals surface area contributed by atoms with Crippen molar-refractivity contribution in [3.63, 3.8) is 0 Å². The van der Waals surface area contributed by atoms with Crippen molar-refractivity contribution in [2.24, 2.45) is 0 Å². The fourth-order valence-electron chi connectivity index (χ4n) is 3.58. The average Bonchev–Trinajstić information content (AvgIpc) is 2.73. The van der Waals surface area contributed by atoms with Gasteiger partial charge in [-0.2, -0.15) is 5.26 Å². The SMILES string of the molecule is N#Cc1cccc(C(=O)N2CCc3ccccc3C2c2ccncc2)c1. The summed E-state index contributed by atoms with van der Waals surface area (Å²) in [6, 6.07) is 21.0. The molecule has 0 fully saturated rings. The largest absolute Gasteiger partial charge is 0.327 e. The normalized spacial score (nSPS) is 15.8. The molecule has 1 aliphatic heterocycles. The lowest BCUT2D eigenvalue weighted by Crippen LogP contribution is -2.40. The number of amides is 1. The van der Waals surface area contributed by atoms with Crippen molar-refractivity contribution in [3.8, 4) is 6.07 Å². The molecule has 26 heavy (non-hydrogen) atoms. The summed E-state index contributed by atoms with van der Waals surface area (Å²) >= 11 is 0. The van der Waals surface area contributed by atoms with Gasteiger partial charge in [-0.1, -0.05) is 30.3 Å². The third kappa shape index (κ3) is 2.84. The first-order chi connectivity index (χ1) is 12.8. The average molecular weight is 339 g/mol. The Bertz CT molecular complexity index is 992. The summed E-state index contributed by atoms with van der Waals surface area (Å²) in [4.78, 5) is 19.3. The van der Waals surface area contributed by atoms with Crippen molar-refractivity contribution in [3.05, 3.63) is 101 Å². The Morgan fingerprint density at radius 2 is 1.88 bits per heavy atom. The fraction of sp³-hybridized carbons (Fsp3) is 0.136. The molecule has 0 saturated heterocycles. The molecule has 4 heteroatoms. The topological polar surface area (TPSA) is 57.0 Å². The lowest BCUT2D eigenvalue weighted by Gasteiger charge is -2.37. The molecule has 4 rings (SSSR count). The zero-order valence-corrected chi connectivity index (χ0v) is 14.2. The van der Waals surface area contributed by atoms with Crippen LogP contribution in [0.4, 0.5) is 0 Å². The number of carbonyl (C=O) groups excluding carboxylic acids is 1. The second-order valence-electron chi connectivity index (χ2n) is 6.32. The van der Waals surface area contributed by atoms with E-state index in [1.54, 1.807) is 36.7 Å². The molecule has 2 aromatic carbocycles. The Kier molecular flexibility index (Phi) is 4.20. The molecule has 0 N–H and O–H groups in total. The van der Waals surface area contributed by atoms with Crippen LogP contribution in [0.3, 0.4) is 0 Å². The number of carbonyl (C=O) groups is 1. The van der Waals surface area contributed by atoms with E-state index in [4.69, 9.17) is 5.26 Å². The first kappa shape index (κ1) is 16.0. The molecule has 0 bridgehead atoms. The standard InChI is InChI=1S/C22H17N3O/c23-15-16-4-3-6-19(14-16)22(26)25-13-10-17-5-1-2-7-20(17)21(25)18-8-11-24-12-9-18/h1-9,11-12,14,21H,10,13H2. The van der Waals surface area contributed by atoms with Crippen LogP contribution < -0.4 is 0 Å². The van der Waals surface area contributed by atoms with Gasteiger partial charge in [0.25, 0.3) is 5.91 Å². The zero-order valence-electron chi connectivity index (χ0n) is 14.2. The number of nitrogens with zero attached hydrogens (tertiary/aromatic N) is 3. The summed E-state index contributed by atoms with van der Waals surface area (Å²) in [5.74, 6) is -0.0570. The van der Waals surface area contributed by atoms with Gasteiger partial charge < -0.3 is 4.90 Å². The number of benzene rings is 2. The maximum absolute atomic E-state index is 13.3. The lowest BCUT2D eigenvalue weighted by atomic mass is 9.88. The molecule has 0 spiro atoms. The monoisotopic (exact) mass is 339 g/mol. The minimum atomic E-state index is -0.152. The van der Waals surface area contributed by atoms with Gasteiger partial charge in [0.05, 0.1) is 17.7 Å². The van der Waals surface area contributed by atoms with E-state index in [1.807, 2.05) is 29.2 Å². The van der Waals surface area contributed by atoms with E-state index in [2.05, 4.69) is 23.2 Å². The van der Waals surface area contributed by atoms with E-state index in [1.165, 1.54) is 5.56 Å². The van der Waals surface area contributed by atoms with E-state index in [0.29, 0.717) is 17.7 Å². The van der Waals surface area contributed by atoms with Crippen LogP contribution in [-0.2, 0) is 6.42 Å². The van der Waals surface area contributed by atoms with Crippen molar-refractivity contribution >= 4 is 5.91 Å². The highest BCUT2D eigenvalue weighted by atomic mass is 16.2. The molecule has 0 radical (unpaired) electrons. The molecule has 1 unspecified atom stereocenters. The number of fused-ring (bicyclic) bond motifs is 1. The van der Waals surface area contributed by atoms with E-state index in [9.17, 15) is 4.79 Å². The Morgan fingerprint density at radius 1 is 1.08 bits per heavy atom. The van der Waals surface area contributed by atoms with Crippen LogP contribution in [0.1, 0.15) is 38.7 Å². The summed E-state index contributed by atoms with van der Waals surface area (Å²) < 4.78 is 0. The molecule has 0 aliphatic carbocycles. The van der Waals surface area contributed by atoms with Crippen LogP contribution in [0.15, 0.2) is 73.1 Å². The molecule has 4 nitrogen and oxygen atoms in total. The van der Waals surface area contributed by atoms with E-state index in [-0.39, 0.29) is 11.9 Å². The summed E-state index contributed by atoms with van der Waals surface area (Å²) in [5.41, 5.74) is 4.49. The molecular weight excluding hydrogens is 322 g/mol. The minimum absolute atomic E-state index is 0.0570. The van der Waals surface area contributed by atoms with E-state index >= 15 is 0 Å². The summed E-state index contributed by atoms with van der Waals surface area (Å²) in [5, 5.41) is 9.13. The predicted molar refractivity (Wildman–Crippen MR) is 98.4 cm³/mol. The quantitative estimate of drug-likeness (QED) is 0.714. The highest BCUT2D eigenvalue weighted by molar-refractivity contribution is 5.95. The van der Waals surface area contributed by atoms with Gasteiger partial charge in [0.1, 0.15) is 0 Å². The van der Waals surface area contributed by atoms with Gasteiger partial charge in [0.15, 0.2) is 0 Å². The Hall–Kier alpha value is -3.45. The number of rotatable bonds is 2. The van der Waals surface area contributed by atoms with Gasteiger partial charge in [-0.3, -0.25) is 9.78 Å². The molecule has 0 saturated carbocycles. The summed E-state index contributed by atoms with van der Waals surface area (Å²) in [6.07, 6.45) is 4.33. The third-order valence-corrected chi connectivity index (χ3v) is 4.80. The third-order valence-electron chi connectivity index (χ3n) is 4.80. The predicted octanol–water partition coefficient (Wildman–Crippen LogP) is 3.74. The Labute approximate surface area is 152 Å². The van der Waals surface area contributed by atoms with Crippen molar-refractivity contribution in [1.82, 2.24) is 9.88 Å². The highest BCUT2D eigenvalue weighted by Crippen LogP contribution is 2.35. The van der Waals surface area contributed by atoms with Gasteiger partial charge in [-0.25, -0.2) is 0 Å². The first-order valence-corrected chi connectivity index (χ1v) is 8.57. The summed E-state index contributed by atoms with van der Waals surface area (Å²) in [6.45, 7) is 0.639. The second-order valence-corrected chi connectivity index (χ2v) is 6.32. The summed E-state index contributed by atoms with van der Waals surface area (Å²) in [7, 11) is 0. The van der Waals surface area contributed by atoms with Gasteiger partial charge in [0, 0.05) is 24.5 Å². The molecule has 1 atom stereocenters. The highest BCUT2D eigenvalue weighted by Gasteiger charge is 2.32. The lowest BCUT2D eigenvalue weighted by molar-refractivity contribution is 0.0694. The van der Waals surface area contributed by atoms with Gasteiger partial charge in [-0.15, -0.1) is 0 Å². The maximum atomic E-state index is 13.3.